The molecule has 0 spiro atoms. The Balaban J connectivity index is 2.84. The standard InChI is InChI=1S/C15H23N3O2/c1-5-9(2)13(18-15(16)20)14(19)17-12-7-6-10(3)11(4)8-12/h6-9,13H,5H2,1-4H3,(H,17,19)(H3,16,18,20)/t9-,13+/m1/s1. The molecular weight excluding hydrogens is 254 g/mol. The van der Waals surface area contributed by atoms with Gasteiger partial charge in [0.05, 0.1) is 0 Å². The maximum absolute atomic E-state index is 12.3. The first-order valence-corrected chi connectivity index (χ1v) is 6.79. The Morgan fingerprint density at radius 2 is 1.90 bits per heavy atom. The van der Waals surface area contributed by atoms with E-state index in [2.05, 4.69) is 10.6 Å². The minimum Gasteiger partial charge on any atom is -0.352 e. The third kappa shape index (κ3) is 4.26. The van der Waals surface area contributed by atoms with Crippen LogP contribution in [0.2, 0.25) is 0 Å². The first-order valence-electron chi connectivity index (χ1n) is 6.79. The highest BCUT2D eigenvalue weighted by Crippen LogP contribution is 2.16. The van der Waals surface area contributed by atoms with Crippen LogP contribution >= 0.6 is 0 Å². The monoisotopic (exact) mass is 277 g/mol. The van der Waals surface area contributed by atoms with Gasteiger partial charge in [-0.05, 0) is 43.0 Å². The van der Waals surface area contributed by atoms with Gasteiger partial charge in [-0.3, -0.25) is 4.79 Å². The van der Waals surface area contributed by atoms with Crippen LogP contribution in [0.15, 0.2) is 18.2 Å². The molecule has 0 aromatic heterocycles. The fraction of sp³-hybridized carbons (Fsp3) is 0.467. The summed E-state index contributed by atoms with van der Waals surface area (Å²) < 4.78 is 0. The SMILES string of the molecule is CC[C@@H](C)[C@H](NC(N)=O)C(=O)Nc1ccc(C)c(C)c1. The molecule has 0 fully saturated rings. The number of urea groups is 1. The Morgan fingerprint density at radius 3 is 2.40 bits per heavy atom. The lowest BCUT2D eigenvalue weighted by atomic mass is 9.98. The lowest BCUT2D eigenvalue weighted by Crippen LogP contribution is -2.49. The first-order chi connectivity index (χ1) is 9.35. The molecule has 0 bridgehead atoms. The zero-order valence-electron chi connectivity index (χ0n) is 12.5. The molecule has 4 N–H and O–H groups in total. The predicted molar refractivity (Wildman–Crippen MR) is 80.5 cm³/mol. The second-order valence-corrected chi connectivity index (χ2v) is 5.16. The summed E-state index contributed by atoms with van der Waals surface area (Å²) in [5.74, 6) is -0.240. The highest BCUT2D eigenvalue weighted by atomic mass is 16.2. The maximum atomic E-state index is 12.3. The molecule has 5 heteroatoms. The summed E-state index contributed by atoms with van der Waals surface area (Å²) in [5.41, 5.74) is 8.12. The van der Waals surface area contributed by atoms with Crippen molar-refractivity contribution < 1.29 is 9.59 Å². The van der Waals surface area contributed by atoms with E-state index in [4.69, 9.17) is 5.73 Å². The van der Waals surface area contributed by atoms with Gasteiger partial charge in [0.2, 0.25) is 5.91 Å². The third-order valence-corrected chi connectivity index (χ3v) is 3.57. The van der Waals surface area contributed by atoms with E-state index in [9.17, 15) is 9.59 Å². The van der Waals surface area contributed by atoms with E-state index in [1.165, 1.54) is 0 Å². The average molecular weight is 277 g/mol. The Morgan fingerprint density at radius 1 is 1.25 bits per heavy atom. The van der Waals surface area contributed by atoms with Crippen molar-refractivity contribution in [2.24, 2.45) is 11.7 Å². The number of benzene rings is 1. The first kappa shape index (κ1) is 16.0. The summed E-state index contributed by atoms with van der Waals surface area (Å²) in [7, 11) is 0. The number of primary amides is 1. The minimum absolute atomic E-state index is 0.00838. The summed E-state index contributed by atoms with van der Waals surface area (Å²) in [6, 6.07) is 4.39. The van der Waals surface area contributed by atoms with E-state index < -0.39 is 12.1 Å². The van der Waals surface area contributed by atoms with Gasteiger partial charge in [-0.1, -0.05) is 26.3 Å². The van der Waals surface area contributed by atoms with Crippen molar-refractivity contribution in [1.29, 1.82) is 0 Å². The Hall–Kier alpha value is -2.04. The van der Waals surface area contributed by atoms with Crippen LogP contribution in [0.4, 0.5) is 10.5 Å². The molecule has 0 saturated heterocycles. The number of nitrogens with two attached hydrogens (primary N) is 1. The largest absolute Gasteiger partial charge is 0.352 e. The van der Waals surface area contributed by atoms with Crippen LogP contribution in [-0.4, -0.2) is 18.0 Å². The van der Waals surface area contributed by atoms with Gasteiger partial charge in [0, 0.05) is 5.69 Å². The molecule has 0 unspecified atom stereocenters. The van der Waals surface area contributed by atoms with Crippen LogP contribution in [0.5, 0.6) is 0 Å². The summed E-state index contributed by atoms with van der Waals surface area (Å²) in [6.45, 7) is 7.86. The van der Waals surface area contributed by atoms with Crippen LogP contribution in [0.1, 0.15) is 31.4 Å². The van der Waals surface area contributed by atoms with Crippen molar-refractivity contribution in [2.75, 3.05) is 5.32 Å². The highest BCUT2D eigenvalue weighted by molar-refractivity contribution is 5.97. The molecule has 1 rings (SSSR count). The molecule has 0 radical (unpaired) electrons. The van der Waals surface area contributed by atoms with Gasteiger partial charge in [-0.15, -0.1) is 0 Å². The number of carbonyl (C=O) groups excluding carboxylic acids is 2. The summed E-state index contributed by atoms with van der Waals surface area (Å²) in [4.78, 5) is 23.3. The van der Waals surface area contributed by atoms with Gasteiger partial charge in [0.15, 0.2) is 0 Å². The molecule has 0 saturated carbocycles. The number of nitrogens with one attached hydrogen (secondary N) is 2. The number of aryl methyl sites for hydroxylation is 2. The molecule has 0 aliphatic carbocycles. The molecule has 20 heavy (non-hydrogen) atoms. The van der Waals surface area contributed by atoms with Crippen molar-refractivity contribution in [3.05, 3.63) is 29.3 Å². The number of rotatable bonds is 5. The molecule has 3 amide bonds. The molecule has 2 atom stereocenters. The van der Waals surface area contributed by atoms with Crippen LogP contribution in [0.3, 0.4) is 0 Å². The van der Waals surface area contributed by atoms with Crippen molar-refractivity contribution in [1.82, 2.24) is 5.32 Å². The Labute approximate surface area is 119 Å². The van der Waals surface area contributed by atoms with E-state index in [0.717, 1.165) is 23.2 Å². The maximum Gasteiger partial charge on any atom is 0.312 e. The van der Waals surface area contributed by atoms with Gasteiger partial charge in [0.1, 0.15) is 6.04 Å². The molecule has 110 valence electrons. The quantitative estimate of drug-likeness (QED) is 0.771. The van der Waals surface area contributed by atoms with Crippen molar-refractivity contribution in [3.8, 4) is 0 Å². The molecular formula is C15H23N3O2. The third-order valence-electron chi connectivity index (χ3n) is 3.57. The predicted octanol–water partition coefficient (Wildman–Crippen LogP) is 2.32. The summed E-state index contributed by atoms with van der Waals surface area (Å²) in [6.07, 6.45) is 0.769. The zero-order valence-corrected chi connectivity index (χ0v) is 12.5. The molecule has 0 aliphatic heterocycles. The second kappa shape index (κ2) is 6.93. The lowest BCUT2D eigenvalue weighted by Gasteiger charge is -2.22. The van der Waals surface area contributed by atoms with Gasteiger partial charge >= 0.3 is 6.03 Å². The minimum atomic E-state index is -0.689. The molecule has 1 aromatic carbocycles. The van der Waals surface area contributed by atoms with Crippen LogP contribution in [-0.2, 0) is 4.79 Å². The van der Waals surface area contributed by atoms with E-state index in [1.807, 2.05) is 45.9 Å². The summed E-state index contributed by atoms with van der Waals surface area (Å²) >= 11 is 0. The highest BCUT2D eigenvalue weighted by Gasteiger charge is 2.25. The number of anilines is 1. The van der Waals surface area contributed by atoms with E-state index >= 15 is 0 Å². The van der Waals surface area contributed by atoms with Crippen LogP contribution < -0.4 is 16.4 Å². The number of amides is 3. The van der Waals surface area contributed by atoms with E-state index in [0.29, 0.717) is 0 Å². The van der Waals surface area contributed by atoms with Crippen molar-refractivity contribution in [3.63, 3.8) is 0 Å². The smallest absolute Gasteiger partial charge is 0.312 e. The average Bonchev–Trinajstić information content (AvgIpc) is 2.39. The van der Waals surface area contributed by atoms with Crippen molar-refractivity contribution in [2.45, 2.75) is 40.2 Å². The molecule has 5 nitrogen and oxygen atoms in total. The molecule has 0 heterocycles. The van der Waals surface area contributed by atoms with Crippen molar-refractivity contribution >= 4 is 17.6 Å². The Bertz CT molecular complexity index is 500. The van der Waals surface area contributed by atoms with Crippen LogP contribution in [0, 0.1) is 19.8 Å². The summed E-state index contributed by atoms with van der Waals surface area (Å²) in [5, 5.41) is 5.32. The topological polar surface area (TPSA) is 84.2 Å². The van der Waals surface area contributed by atoms with E-state index in [1.54, 1.807) is 0 Å². The van der Waals surface area contributed by atoms with Gasteiger partial charge in [-0.2, -0.15) is 0 Å². The van der Waals surface area contributed by atoms with Crippen LogP contribution in [0.25, 0.3) is 0 Å². The number of hydrogen-bond acceptors (Lipinski definition) is 2. The van der Waals surface area contributed by atoms with Gasteiger partial charge < -0.3 is 16.4 Å². The fourth-order valence-electron chi connectivity index (χ4n) is 1.89. The molecule has 1 aromatic rings. The number of hydrogen-bond donors (Lipinski definition) is 3. The normalized spacial score (nSPS) is 13.4. The second-order valence-electron chi connectivity index (χ2n) is 5.16. The fourth-order valence-corrected chi connectivity index (χ4v) is 1.89. The Kier molecular flexibility index (Phi) is 5.55. The lowest BCUT2D eigenvalue weighted by molar-refractivity contribution is -0.119. The van der Waals surface area contributed by atoms with Gasteiger partial charge in [0.25, 0.3) is 0 Å². The van der Waals surface area contributed by atoms with E-state index in [-0.39, 0.29) is 11.8 Å². The zero-order chi connectivity index (χ0) is 15.3. The number of carbonyl (C=O) groups is 2. The molecule has 0 aliphatic rings. The van der Waals surface area contributed by atoms with Gasteiger partial charge in [-0.25, -0.2) is 4.79 Å².